The molecule has 164 valence electrons. The highest BCUT2D eigenvalue weighted by Gasteiger charge is 2.51. The molecule has 0 unspecified atom stereocenters. The molecule has 2 aromatic carbocycles. The lowest BCUT2D eigenvalue weighted by molar-refractivity contribution is -0.00518. The molecule has 4 bridgehead atoms. The lowest BCUT2D eigenvalue weighted by atomic mass is 9.48. The van der Waals surface area contributed by atoms with E-state index < -0.39 is 10.0 Å². The molecule has 4 aliphatic rings. The normalized spacial score (nSPS) is 29.0. The predicted octanol–water partition coefficient (Wildman–Crippen LogP) is 4.80. The first-order chi connectivity index (χ1) is 14.7. The topological polar surface area (TPSA) is 66.5 Å². The number of anilines is 2. The highest BCUT2D eigenvalue weighted by atomic mass is 32.2. The summed E-state index contributed by atoms with van der Waals surface area (Å²) < 4.78 is 25.1. The molecule has 4 saturated carbocycles. The SMILES string of the molecule is CN(c1ccccc1C(=O)Nc1ccc(C23CC4CC(CC(C4)C2)C3)cc1)S(C)(=O)=O. The van der Waals surface area contributed by atoms with Gasteiger partial charge in [0.25, 0.3) is 5.91 Å². The van der Waals surface area contributed by atoms with Gasteiger partial charge in [-0.1, -0.05) is 24.3 Å². The van der Waals surface area contributed by atoms with E-state index in [2.05, 4.69) is 17.4 Å². The van der Waals surface area contributed by atoms with Gasteiger partial charge in [0.05, 0.1) is 17.5 Å². The smallest absolute Gasteiger partial charge is 0.257 e. The average Bonchev–Trinajstić information content (AvgIpc) is 2.72. The van der Waals surface area contributed by atoms with Crippen molar-refractivity contribution in [3.63, 3.8) is 0 Å². The fourth-order valence-corrected chi connectivity index (χ4v) is 7.21. The van der Waals surface area contributed by atoms with Crippen molar-refractivity contribution in [2.24, 2.45) is 17.8 Å². The van der Waals surface area contributed by atoms with Crippen LogP contribution in [0.5, 0.6) is 0 Å². The maximum atomic E-state index is 12.9. The summed E-state index contributed by atoms with van der Waals surface area (Å²) in [4.78, 5) is 12.9. The van der Waals surface area contributed by atoms with Crippen molar-refractivity contribution in [2.75, 3.05) is 22.9 Å². The Bertz CT molecular complexity index is 1070. The first-order valence-corrected chi connectivity index (χ1v) is 13.0. The molecule has 5 nitrogen and oxygen atoms in total. The van der Waals surface area contributed by atoms with Crippen LogP contribution in [0.15, 0.2) is 48.5 Å². The number of nitrogens with zero attached hydrogens (tertiary/aromatic N) is 1. The van der Waals surface area contributed by atoms with Gasteiger partial charge in [0.1, 0.15) is 0 Å². The van der Waals surface area contributed by atoms with Gasteiger partial charge in [-0.15, -0.1) is 0 Å². The van der Waals surface area contributed by atoms with Gasteiger partial charge >= 0.3 is 0 Å². The van der Waals surface area contributed by atoms with Crippen LogP contribution in [0.25, 0.3) is 0 Å². The fourth-order valence-electron chi connectivity index (χ4n) is 6.69. The zero-order valence-corrected chi connectivity index (χ0v) is 19.0. The second-order valence-electron chi connectivity index (χ2n) is 9.98. The number of para-hydroxylation sites is 1. The van der Waals surface area contributed by atoms with Crippen LogP contribution in [0.1, 0.15) is 54.4 Å². The molecule has 0 heterocycles. The van der Waals surface area contributed by atoms with Crippen molar-refractivity contribution in [3.05, 3.63) is 59.7 Å². The molecule has 6 heteroatoms. The van der Waals surface area contributed by atoms with E-state index in [1.54, 1.807) is 24.3 Å². The summed E-state index contributed by atoms with van der Waals surface area (Å²) in [6.45, 7) is 0. The maximum absolute atomic E-state index is 12.9. The van der Waals surface area contributed by atoms with Crippen LogP contribution < -0.4 is 9.62 Å². The molecule has 0 spiro atoms. The largest absolute Gasteiger partial charge is 0.322 e. The first-order valence-electron chi connectivity index (χ1n) is 11.2. The van der Waals surface area contributed by atoms with Crippen molar-refractivity contribution in [3.8, 4) is 0 Å². The second-order valence-corrected chi connectivity index (χ2v) is 12.0. The number of hydrogen-bond donors (Lipinski definition) is 1. The van der Waals surface area contributed by atoms with E-state index in [-0.39, 0.29) is 5.91 Å². The van der Waals surface area contributed by atoms with Crippen LogP contribution in [0.3, 0.4) is 0 Å². The molecule has 0 saturated heterocycles. The van der Waals surface area contributed by atoms with Gasteiger partial charge in [-0.3, -0.25) is 9.10 Å². The van der Waals surface area contributed by atoms with Crippen LogP contribution in [-0.2, 0) is 15.4 Å². The summed E-state index contributed by atoms with van der Waals surface area (Å²) in [6.07, 6.45) is 9.35. The number of carbonyl (C=O) groups excluding carboxylic acids is 1. The molecule has 0 atom stereocenters. The monoisotopic (exact) mass is 438 g/mol. The number of hydrogen-bond acceptors (Lipinski definition) is 3. The Hall–Kier alpha value is -2.34. The summed E-state index contributed by atoms with van der Waals surface area (Å²) in [5.41, 5.74) is 3.19. The summed E-state index contributed by atoms with van der Waals surface area (Å²) in [5, 5.41) is 2.95. The van der Waals surface area contributed by atoms with Crippen molar-refractivity contribution in [1.82, 2.24) is 0 Å². The van der Waals surface area contributed by atoms with Gasteiger partial charge in [0.2, 0.25) is 10.0 Å². The zero-order chi connectivity index (χ0) is 21.8. The number of amides is 1. The molecule has 0 radical (unpaired) electrons. The highest BCUT2D eigenvalue weighted by molar-refractivity contribution is 7.92. The summed E-state index contributed by atoms with van der Waals surface area (Å²) >= 11 is 0. The molecular formula is C25H30N2O3S. The van der Waals surface area contributed by atoms with E-state index in [0.29, 0.717) is 16.7 Å². The quantitative estimate of drug-likeness (QED) is 0.729. The van der Waals surface area contributed by atoms with Crippen LogP contribution in [-0.4, -0.2) is 27.6 Å². The van der Waals surface area contributed by atoms with Crippen LogP contribution in [0.2, 0.25) is 0 Å². The summed E-state index contributed by atoms with van der Waals surface area (Å²) in [5.74, 6) is 2.38. The zero-order valence-electron chi connectivity index (χ0n) is 18.2. The third kappa shape index (κ3) is 3.75. The van der Waals surface area contributed by atoms with Gasteiger partial charge in [-0.2, -0.15) is 0 Å². The summed E-state index contributed by atoms with van der Waals surface area (Å²) in [6, 6.07) is 15.1. The maximum Gasteiger partial charge on any atom is 0.257 e. The van der Waals surface area contributed by atoms with Crippen molar-refractivity contribution < 1.29 is 13.2 Å². The Balaban J connectivity index is 1.35. The number of rotatable bonds is 5. The van der Waals surface area contributed by atoms with Gasteiger partial charge in [-0.05, 0) is 91.5 Å². The van der Waals surface area contributed by atoms with Gasteiger partial charge < -0.3 is 5.32 Å². The van der Waals surface area contributed by atoms with Gasteiger partial charge in [0, 0.05) is 12.7 Å². The molecule has 4 fully saturated rings. The molecular weight excluding hydrogens is 408 g/mol. The second kappa shape index (κ2) is 7.37. The minimum absolute atomic E-state index is 0.311. The van der Waals surface area contributed by atoms with Crippen LogP contribution in [0.4, 0.5) is 11.4 Å². The molecule has 6 rings (SSSR count). The molecule has 2 aromatic rings. The standard InChI is InChI=1S/C25H30N2O3S/c1-27(31(2,29)30)23-6-4-3-5-22(23)24(28)26-21-9-7-20(8-10-21)25-14-17-11-18(15-25)13-19(12-17)16-25/h3-10,17-19H,11-16H2,1-2H3,(H,26,28). The number of carbonyl (C=O) groups is 1. The first kappa shape index (κ1) is 20.6. The Morgan fingerprint density at radius 2 is 1.48 bits per heavy atom. The molecule has 0 aliphatic heterocycles. The lowest BCUT2D eigenvalue weighted by Crippen LogP contribution is -2.48. The third-order valence-corrected chi connectivity index (χ3v) is 8.97. The van der Waals surface area contributed by atoms with E-state index in [4.69, 9.17) is 0 Å². The van der Waals surface area contributed by atoms with E-state index >= 15 is 0 Å². The highest BCUT2D eigenvalue weighted by Crippen LogP contribution is 2.60. The molecule has 1 N–H and O–H groups in total. The summed E-state index contributed by atoms with van der Waals surface area (Å²) in [7, 11) is -2.00. The minimum Gasteiger partial charge on any atom is -0.322 e. The molecule has 1 amide bonds. The van der Waals surface area contributed by atoms with Gasteiger partial charge in [0.15, 0.2) is 0 Å². The van der Waals surface area contributed by atoms with Crippen molar-refractivity contribution >= 4 is 27.3 Å². The number of sulfonamides is 1. The van der Waals surface area contributed by atoms with Crippen LogP contribution >= 0.6 is 0 Å². The Labute approximate surface area is 184 Å². The number of benzene rings is 2. The third-order valence-electron chi connectivity index (χ3n) is 7.78. The predicted molar refractivity (Wildman–Crippen MR) is 124 cm³/mol. The van der Waals surface area contributed by atoms with E-state index in [1.165, 1.54) is 51.1 Å². The fraction of sp³-hybridized carbons (Fsp3) is 0.480. The minimum atomic E-state index is -3.46. The molecule has 4 aliphatic carbocycles. The average molecular weight is 439 g/mol. The van der Waals surface area contributed by atoms with Crippen LogP contribution in [0, 0.1) is 17.8 Å². The Kier molecular flexibility index (Phi) is 4.88. The Morgan fingerprint density at radius 3 is 2.03 bits per heavy atom. The van der Waals surface area contributed by atoms with E-state index in [1.807, 2.05) is 12.1 Å². The molecule has 31 heavy (non-hydrogen) atoms. The van der Waals surface area contributed by atoms with Crippen molar-refractivity contribution in [1.29, 1.82) is 0 Å². The molecule has 0 aromatic heterocycles. The van der Waals surface area contributed by atoms with Crippen molar-refractivity contribution in [2.45, 2.75) is 43.9 Å². The van der Waals surface area contributed by atoms with Gasteiger partial charge in [-0.25, -0.2) is 8.42 Å². The Morgan fingerprint density at radius 1 is 0.935 bits per heavy atom. The number of nitrogens with one attached hydrogen (secondary N) is 1. The van der Waals surface area contributed by atoms with E-state index in [9.17, 15) is 13.2 Å². The van der Waals surface area contributed by atoms with E-state index in [0.717, 1.165) is 34.0 Å². The lowest BCUT2D eigenvalue weighted by Gasteiger charge is -2.57.